The number of anilines is 3. The van der Waals surface area contributed by atoms with Crippen molar-refractivity contribution < 1.29 is 0 Å². The molecule has 0 aromatic heterocycles. The molecule has 1 nitrogen and oxygen atoms in total. The molecule has 3 aromatic rings. The van der Waals surface area contributed by atoms with Gasteiger partial charge in [-0.05, 0) is 145 Å². The largest absolute Gasteiger partial charge is 0.311 e. The highest BCUT2D eigenvalue weighted by molar-refractivity contribution is 9.71. The van der Waals surface area contributed by atoms with Crippen molar-refractivity contribution in [2.24, 2.45) is 0 Å². The van der Waals surface area contributed by atoms with Crippen LogP contribution in [0.5, 0.6) is 0 Å². The molecule has 3 aromatic carbocycles. The van der Waals surface area contributed by atoms with Crippen LogP contribution in [0.1, 0.15) is 0 Å². The molecule has 146 valence electrons. The Kier molecular flexibility index (Phi) is 9.95. The van der Waals surface area contributed by atoms with Crippen molar-refractivity contribution in [2.75, 3.05) is 4.90 Å². The summed E-state index contributed by atoms with van der Waals surface area (Å²) in [5, 5.41) is 2.34. The highest BCUT2D eigenvalue weighted by Crippen LogP contribution is 2.52. The van der Waals surface area contributed by atoms with Crippen LogP contribution in [0, 0.1) is 0 Å². The molecule has 0 radical (unpaired) electrons. The second kappa shape index (κ2) is 11.5. The highest BCUT2D eigenvalue weighted by Gasteiger charge is 2.15. The number of halogens is 6. The molecule has 3 rings (SSSR count). The molecule has 0 atom stereocenters. The average Bonchev–Trinajstić information content (AvgIpc) is 2.69. The minimum atomic E-state index is -0.469. The van der Waals surface area contributed by atoms with Gasteiger partial charge >= 0.3 is 0 Å². The molecule has 0 bridgehead atoms. The minimum absolute atomic E-state index is 0.469. The Labute approximate surface area is 217 Å². The summed E-state index contributed by atoms with van der Waals surface area (Å²) in [6, 6.07) is 25.9. The van der Waals surface area contributed by atoms with Crippen molar-refractivity contribution in [2.45, 2.75) is 0 Å². The van der Waals surface area contributed by atoms with Crippen LogP contribution in [-0.4, -0.2) is 0 Å². The Morgan fingerprint density at radius 3 is 0.786 bits per heavy atom. The Morgan fingerprint density at radius 1 is 0.393 bits per heavy atom. The summed E-state index contributed by atoms with van der Waals surface area (Å²) in [6.45, 7) is 0. The van der Waals surface area contributed by atoms with E-state index in [2.05, 4.69) is 171 Å². The van der Waals surface area contributed by atoms with E-state index in [1.807, 2.05) is 0 Å². The number of benzene rings is 3. The standard InChI is InChI=1S/C18H12Br6NP3/c19-26(20)16-7-1-13(2-8-16)25(14-3-9-17(10-4-14)27(21)22)15-5-11-18(12-6-15)28(23)24/h1-12H. The lowest BCUT2D eigenvalue weighted by molar-refractivity contribution is 1.29. The topological polar surface area (TPSA) is 3.24 Å². The summed E-state index contributed by atoms with van der Waals surface area (Å²) in [6.07, 6.45) is 0. The van der Waals surface area contributed by atoms with E-state index in [4.69, 9.17) is 0 Å². The third kappa shape index (κ3) is 6.33. The molecule has 10 heteroatoms. The van der Waals surface area contributed by atoms with Crippen molar-refractivity contribution >= 4 is 142 Å². The summed E-state index contributed by atoms with van der Waals surface area (Å²) >= 11 is 21.8. The van der Waals surface area contributed by atoms with Gasteiger partial charge in [0.2, 0.25) is 0 Å². The molecule has 0 saturated carbocycles. The fourth-order valence-corrected chi connectivity index (χ4v) is 7.97. The van der Waals surface area contributed by atoms with E-state index in [-0.39, 0.29) is 0 Å². The number of hydrogen-bond acceptors (Lipinski definition) is 1. The quantitative estimate of drug-likeness (QED) is 0.224. The zero-order valence-corrected chi connectivity index (χ0v) is 26.2. The maximum Gasteiger partial charge on any atom is 0.0654 e. The second-order valence-electron chi connectivity index (χ2n) is 5.58. The fraction of sp³-hybridized carbons (Fsp3) is 0. The first kappa shape index (κ1) is 24.3. The lowest BCUT2D eigenvalue weighted by atomic mass is 10.2. The van der Waals surface area contributed by atoms with Crippen molar-refractivity contribution in [3.63, 3.8) is 0 Å². The minimum Gasteiger partial charge on any atom is -0.311 e. The fourth-order valence-electron chi connectivity index (χ4n) is 2.59. The first-order valence-electron chi connectivity index (χ1n) is 7.82. The van der Waals surface area contributed by atoms with Crippen LogP contribution in [0.3, 0.4) is 0 Å². The molecular weight excluding hydrogens is 803 g/mol. The molecule has 0 aliphatic carbocycles. The molecule has 28 heavy (non-hydrogen) atoms. The zero-order valence-electron chi connectivity index (χ0n) is 14.0. The maximum atomic E-state index is 3.63. The molecule has 0 N–H and O–H groups in total. The van der Waals surface area contributed by atoms with Crippen molar-refractivity contribution in [1.29, 1.82) is 0 Å². The zero-order chi connectivity index (χ0) is 20.3. The molecule has 0 aliphatic heterocycles. The van der Waals surface area contributed by atoms with E-state index in [1.165, 1.54) is 15.9 Å². The summed E-state index contributed by atoms with van der Waals surface area (Å²) in [5.74, 6) is 0. The Morgan fingerprint density at radius 2 is 0.607 bits per heavy atom. The summed E-state index contributed by atoms with van der Waals surface area (Å²) in [4.78, 5) is 2.28. The summed E-state index contributed by atoms with van der Waals surface area (Å²) in [7, 11) is 0. The number of rotatable bonds is 6. The molecule has 0 fully saturated rings. The van der Waals surface area contributed by atoms with Crippen LogP contribution in [0.4, 0.5) is 17.1 Å². The van der Waals surface area contributed by atoms with Crippen molar-refractivity contribution in [3.8, 4) is 0 Å². The molecule has 0 spiro atoms. The van der Waals surface area contributed by atoms with Crippen LogP contribution in [-0.2, 0) is 0 Å². The van der Waals surface area contributed by atoms with Crippen LogP contribution < -0.4 is 20.8 Å². The van der Waals surface area contributed by atoms with Crippen molar-refractivity contribution in [3.05, 3.63) is 72.8 Å². The average molecular weight is 815 g/mol. The van der Waals surface area contributed by atoms with Gasteiger partial charge in [0.25, 0.3) is 0 Å². The SMILES string of the molecule is BrP(Br)c1ccc(N(c2ccc(P(Br)Br)cc2)c2ccc(P(Br)Br)cc2)cc1. The van der Waals surface area contributed by atoms with Gasteiger partial charge in [0.05, 0.1) is 16.0 Å². The van der Waals surface area contributed by atoms with E-state index in [0.717, 1.165) is 17.1 Å². The van der Waals surface area contributed by atoms with Gasteiger partial charge in [0.15, 0.2) is 0 Å². The van der Waals surface area contributed by atoms with Gasteiger partial charge in [0.1, 0.15) is 0 Å². The van der Waals surface area contributed by atoms with Crippen LogP contribution in [0.2, 0.25) is 0 Å². The molecular formula is C18H12Br6NP3. The predicted octanol–water partition coefficient (Wildman–Crippen LogP) is 10.3. The molecule has 0 amide bonds. The molecule has 0 saturated heterocycles. The lowest BCUT2D eigenvalue weighted by Gasteiger charge is -2.26. The van der Waals surface area contributed by atoms with Gasteiger partial charge in [-0.1, -0.05) is 36.4 Å². The summed E-state index contributed by atoms with van der Waals surface area (Å²) in [5.41, 5.74) is 3.38. The van der Waals surface area contributed by atoms with Gasteiger partial charge in [-0.25, -0.2) is 0 Å². The van der Waals surface area contributed by atoms with E-state index in [0.29, 0.717) is 0 Å². The Balaban J connectivity index is 2.04. The third-order valence-electron chi connectivity index (χ3n) is 3.91. The van der Waals surface area contributed by atoms with Gasteiger partial charge in [-0.15, -0.1) is 0 Å². The second-order valence-corrected chi connectivity index (χ2v) is 29.9. The monoisotopic (exact) mass is 809 g/mol. The lowest BCUT2D eigenvalue weighted by Crippen LogP contribution is -2.12. The molecule has 0 heterocycles. The van der Waals surface area contributed by atoms with E-state index in [1.54, 1.807) is 0 Å². The van der Waals surface area contributed by atoms with Crippen LogP contribution in [0.25, 0.3) is 0 Å². The van der Waals surface area contributed by atoms with E-state index in [9.17, 15) is 0 Å². The van der Waals surface area contributed by atoms with Gasteiger partial charge in [-0.3, -0.25) is 0 Å². The highest BCUT2D eigenvalue weighted by atomic mass is 80.0. The normalized spacial score (nSPS) is 11.5. The predicted molar refractivity (Wildman–Crippen MR) is 154 cm³/mol. The van der Waals surface area contributed by atoms with Gasteiger partial charge in [-0.2, -0.15) is 0 Å². The Bertz CT molecular complexity index is 780. The molecule has 0 aliphatic rings. The molecule has 0 unspecified atom stereocenters. The maximum absolute atomic E-state index is 3.63. The van der Waals surface area contributed by atoms with Gasteiger partial charge < -0.3 is 4.90 Å². The number of nitrogens with zero attached hydrogens (tertiary/aromatic N) is 1. The van der Waals surface area contributed by atoms with Crippen molar-refractivity contribution in [1.82, 2.24) is 0 Å². The smallest absolute Gasteiger partial charge is 0.0654 e. The van der Waals surface area contributed by atoms with Crippen LogP contribution in [0.15, 0.2) is 72.8 Å². The van der Waals surface area contributed by atoms with Gasteiger partial charge in [0, 0.05) is 17.1 Å². The van der Waals surface area contributed by atoms with E-state index >= 15 is 0 Å². The first-order chi connectivity index (χ1) is 13.4. The Hall–Kier alpha value is 1.63. The third-order valence-corrected chi connectivity index (χ3v) is 13.3. The van der Waals surface area contributed by atoms with E-state index < -0.39 is 16.0 Å². The number of hydrogen-bond donors (Lipinski definition) is 0. The summed E-state index contributed by atoms with van der Waals surface area (Å²) < 4.78 is 0. The van der Waals surface area contributed by atoms with Crippen LogP contribution >= 0.6 is 109 Å². The first-order valence-corrected chi connectivity index (χ1v) is 24.0.